The van der Waals surface area contributed by atoms with Gasteiger partial charge in [-0.05, 0) is 70.6 Å². The van der Waals surface area contributed by atoms with Gasteiger partial charge in [-0.3, -0.25) is 9.59 Å². The average Bonchev–Trinajstić information content (AvgIpc) is 3.45. The van der Waals surface area contributed by atoms with Crippen molar-refractivity contribution < 1.29 is 49.3 Å². The van der Waals surface area contributed by atoms with Crippen molar-refractivity contribution in [1.29, 1.82) is 0 Å². The van der Waals surface area contributed by atoms with Gasteiger partial charge in [0, 0.05) is 6.42 Å². The summed E-state index contributed by atoms with van der Waals surface area (Å²) in [4.78, 5) is 26.6. The second-order valence-electron chi connectivity index (χ2n) is 22.5. The summed E-state index contributed by atoms with van der Waals surface area (Å²) in [5.41, 5.74) is 0. The van der Waals surface area contributed by atoms with Crippen molar-refractivity contribution in [1.82, 2.24) is 5.32 Å². The Balaban J connectivity index is 2.67. The molecule has 6 N–H and O–H groups in total. The number of carbonyl (C=O) groups excluding carboxylic acids is 2. The second-order valence-corrected chi connectivity index (χ2v) is 22.5. The lowest BCUT2D eigenvalue weighted by molar-refractivity contribution is -0.305. The zero-order valence-electron chi connectivity index (χ0n) is 50.3. The molecule has 0 bridgehead atoms. The molecule has 1 rings (SSSR count). The minimum Gasteiger partial charge on any atom is -0.454 e. The van der Waals surface area contributed by atoms with Gasteiger partial charge < -0.3 is 45.1 Å². The van der Waals surface area contributed by atoms with Gasteiger partial charge >= 0.3 is 5.97 Å². The Morgan fingerprint density at radius 2 is 0.885 bits per heavy atom. The predicted molar refractivity (Wildman–Crippen MR) is 324 cm³/mol. The van der Waals surface area contributed by atoms with E-state index in [-0.39, 0.29) is 13.0 Å². The molecule has 78 heavy (non-hydrogen) atoms. The van der Waals surface area contributed by atoms with Gasteiger partial charge in [0.15, 0.2) is 12.4 Å². The molecule has 0 saturated carbocycles. The van der Waals surface area contributed by atoms with Gasteiger partial charge in [0.25, 0.3) is 0 Å². The van der Waals surface area contributed by atoms with E-state index in [1.807, 2.05) is 6.08 Å². The van der Waals surface area contributed by atoms with E-state index in [9.17, 15) is 35.1 Å². The molecule has 8 atom stereocenters. The molecular formula is C67H121NO10. The van der Waals surface area contributed by atoms with Crippen LogP contribution in [-0.2, 0) is 23.8 Å². The topological polar surface area (TPSA) is 175 Å². The van der Waals surface area contributed by atoms with E-state index in [4.69, 9.17) is 14.2 Å². The molecule has 0 aromatic heterocycles. The summed E-state index contributed by atoms with van der Waals surface area (Å²) in [6.45, 7) is 5.77. The van der Waals surface area contributed by atoms with Crippen LogP contribution < -0.4 is 5.32 Å². The predicted octanol–water partition coefficient (Wildman–Crippen LogP) is 15.8. The van der Waals surface area contributed by atoms with Crippen LogP contribution in [0.5, 0.6) is 0 Å². The maximum absolute atomic E-state index is 13.4. The number of aliphatic hydroxyl groups excluding tert-OH is 5. The number of allylic oxidation sites excluding steroid dienone is 9. The number of carbonyl (C=O) groups is 2. The minimum atomic E-state index is -1.63. The van der Waals surface area contributed by atoms with Crippen LogP contribution in [0, 0.1) is 0 Å². The first-order valence-electron chi connectivity index (χ1n) is 32.6. The SMILES string of the molecule is CCCCC/C=C\C/C=C\C/C=C\C/C=C\CCCCCC(=O)OC1C(OCC(NC(=O)C(O)CCCCCCCCCCCCCCCCCCCC)C(O)/C=C/CCCCCCCCCCCC)OC(CO)C(O)C1O. The van der Waals surface area contributed by atoms with E-state index in [1.165, 1.54) is 167 Å². The van der Waals surface area contributed by atoms with E-state index in [0.717, 1.165) is 77.0 Å². The molecule has 0 aliphatic carbocycles. The maximum Gasteiger partial charge on any atom is 0.306 e. The first-order valence-corrected chi connectivity index (χ1v) is 32.6. The molecule has 11 heteroatoms. The molecule has 11 nitrogen and oxygen atoms in total. The summed E-state index contributed by atoms with van der Waals surface area (Å²) < 4.78 is 17.6. The van der Waals surface area contributed by atoms with Crippen LogP contribution >= 0.6 is 0 Å². The highest BCUT2D eigenvalue weighted by atomic mass is 16.7. The molecule has 0 radical (unpaired) electrons. The zero-order valence-corrected chi connectivity index (χ0v) is 50.3. The number of amides is 1. The zero-order chi connectivity index (χ0) is 56.8. The average molecular weight is 1100 g/mol. The Hall–Kier alpha value is -2.64. The van der Waals surface area contributed by atoms with Crippen LogP contribution in [0.25, 0.3) is 0 Å². The van der Waals surface area contributed by atoms with Crippen molar-refractivity contribution in [3.63, 3.8) is 0 Å². The number of ether oxygens (including phenoxy) is 3. The summed E-state index contributed by atoms with van der Waals surface area (Å²) in [6, 6.07) is -1.03. The monoisotopic (exact) mass is 1100 g/mol. The Morgan fingerprint density at radius 3 is 1.35 bits per heavy atom. The molecule has 8 unspecified atom stereocenters. The largest absolute Gasteiger partial charge is 0.454 e. The van der Waals surface area contributed by atoms with E-state index < -0.39 is 67.4 Å². The van der Waals surface area contributed by atoms with Crippen molar-refractivity contribution in [3.8, 4) is 0 Å². The summed E-state index contributed by atoms with van der Waals surface area (Å²) in [7, 11) is 0. The van der Waals surface area contributed by atoms with Crippen molar-refractivity contribution in [3.05, 3.63) is 60.8 Å². The number of aliphatic hydroxyl groups is 5. The summed E-state index contributed by atoms with van der Waals surface area (Å²) >= 11 is 0. The number of nitrogens with one attached hydrogen (secondary N) is 1. The van der Waals surface area contributed by atoms with Crippen molar-refractivity contribution in [2.75, 3.05) is 13.2 Å². The fourth-order valence-electron chi connectivity index (χ4n) is 9.99. The number of esters is 1. The van der Waals surface area contributed by atoms with Crippen molar-refractivity contribution in [2.24, 2.45) is 0 Å². The van der Waals surface area contributed by atoms with Gasteiger partial charge in [0.1, 0.15) is 24.4 Å². The van der Waals surface area contributed by atoms with Crippen LogP contribution in [0.3, 0.4) is 0 Å². The fourth-order valence-corrected chi connectivity index (χ4v) is 9.99. The number of unbranched alkanes of at least 4 members (excludes halogenated alkanes) is 33. The van der Waals surface area contributed by atoms with Gasteiger partial charge in [-0.2, -0.15) is 0 Å². The third kappa shape index (κ3) is 42.2. The van der Waals surface area contributed by atoms with Crippen molar-refractivity contribution >= 4 is 11.9 Å². The molecular weight excluding hydrogens is 979 g/mol. The first-order chi connectivity index (χ1) is 38.2. The van der Waals surface area contributed by atoms with Crippen LogP contribution in [-0.4, -0.2) is 99.6 Å². The molecule has 0 aromatic carbocycles. The van der Waals surface area contributed by atoms with E-state index in [2.05, 4.69) is 74.7 Å². The molecule has 0 spiro atoms. The van der Waals surface area contributed by atoms with Gasteiger partial charge in [-0.15, -0.1) is 0 Å². The normalized spacial score (nSPS) is 19.3. The minimum absolute atomic E-state index is 0.0860. The quantitative estimate of drug-likeness (QED) is 0.0195. The van der Waals surface area contributed by atoms with Gasteiger partial charge in [0.05, 0.1) is 25.4 Å². The molecule has 0 aromatic rings. The van der Waals surface area contributed by atoms with Crippen LogP contribution in [0.2, 0.25) is 0 Å². The standard InChI is InChI=1S/C67H121NO10/c1-4-7-10-13-16-19-22-25-27-29-31-33-35-37-40-43-46-49-52-55-62(72)78-65-64(74)63(73)61(56-69)77-67(65)76-57-58(59(70)53-50-47-44-41-38-24-21-18-15-12-9-6-3)68-66(75)60(71)54-51-48-45-42-39-36-34-32-30-28-26-23-20-17-14-11-8-5-2/h16,19,25,27,31,33,37,40,50,53,58-61,63-65,67,69-71,73-74H,4-15,17-18,20-24,26,28-30,32,34-36,38-39,41-49,51-52,54-57H2,1-3H3,(H,68,75)/b19-16-,27-25-,33-31-,40-37-,53-50+. The third-order valence-corrected chi connectivity index (χ3v) is 15.2. The lowest BCUT2D eigenvalue weighted by Crippen LogP contribution is -2.61. The molecule has 454 valence electrons. The van der Waals surface area contributed by atoms with E-state index >= 15 is 0 Å². The molecule has 1 saturated heterocycles. The van der Waals surface area contributed by atoms with Gasteiger partial charge in [0.2, 0.25) is 5.91 Å². The Bertz CT molecular complexity index is 1500. The third-order valence-electron chi connectivity index (χ3n) is 15.2. The number of rotatable bonds is 55. The molecule has 1 fully saturated rings. The van der Waals surface area contributed by atoms with Crippen LogP contribution in [0.4, 0.5) is 0 Å². The number of hydrogen-bond donors (Lipinski definition) is 6. The van der Waals surface area contributed by atoms with Crippen LogP contribution in [0.15, 0.2) is 60.8 Å². The molecule has 1 amide bonds. The Morgan fingerprint density at radius 1 is 0.500 bits per heavy atom. The summed E-state index contributed by atoms with van der Waals surface area (Å²) in [5, 5.41) is 57.0. The number of hydrogen-bond acceptors (Lipinski definition) is 10. The van der Waals surface area contributed by atoms with Crippen molar-refractivity contribution in [2.45, 2.75) is 339 Å². The summed E-state index contributed by atoms with van der Waals surface area (Å²) in [6.07, 6.45) is 58.3. The second kappa shape index (κ2) is 54.9. The smallest absolute Gasteiger partial charge is 0.306 e. The Labute approximate surface area is 478 Å². The Kier molecular flexibility index (Phi) is 51.7. The molecule has 1 aliphatic heterocycles. The molecule has 1 aliphatic rings. The lowest BCUT2D eigenvalue weighted by atomic mass is 9.99. The van der Waals surface area contributed by atoms with Crippen LogP contribution in [0.1, 0.15) is 290 Å². The highest BCUT2D eigenvalue weighted by Gasteiger charge is 2.47. The first kappa shape index (κ1) is 73.4. The highest BCUT2D eigenvalue weighted by molar-refractivity contribution is 5.80. The maximum atomic E-state index is 13.4. The lowest BCUT2D eigenvalue weighted by Gasteiger charge is -2.41. The van der Waals surface area contributed by atoms with Gasteiger partial charge in [-0.25, -0.2) is 0 Å². The van der Waals surface area contributed by atoms with Gasteiger partial charge in [-0.1, -0.05) is 274 Å². The molecule has 1 heterocycles. The van der Waals surface area contributed by atoms with E-state index in [1.54, 1.807) is 6.08 Å². The van der Waals surface area contributed by atoms with E-state index in [0.29, 0.717) is 19.3 Å². The summed E-state index contributed by atoms with van der Waals surface area (Å²) in [5.74, 6) is -1.22. The fraction of sp³-hybridized carbons (Fsp3) is 0.821. The highest BCUT2D eigenvalue weighted by Crippen LogP contribution is 2.26.